The Bertz CT molecular complexity index is 458. The molecule has 19 heavy (non-hydrogen) atoms. The van der Waals surface area contributed by atoms with Crippen molar-refractivity contribution in [3.8, 4) is 0 Å². The van der Waals surface area contributed by atoms with Crippen molar-refractivity contribution in [3.05, 3.63) is 17.5 Å². The molecule has 2 atom stereocenters. The molecular formula is C13H20ClN3O2. The molecular weight excluding hydrogens is 266 g/mol. The predicted octanol–water partition coefficient (Wildman–Crippen LogP) is 1.78. The van der Waals surface area contributed by atoms with Gasteiger partial charge in [0.2, 0.25) is 0 Å². The van der Waals surface area contributed by atoms with Crippen LogP contribution in [0.25, 0.3) is 0 Å². The number of nitrogens with two attached hydrogens (primary N) is 1. The first-order chi connectivity index (χ1) is 8.69. The summed E-state index contributed by atoms with van der Waals surface area (Å²) in [4.78, 5) is 14.2. The van der Waals surface area contributed by atoms with Gasteiger partial charge in [-0.3, -0.25) is 4.79 Å². The molecule has 2 aliphatic rings. The van der Waals surface area contributed by atoms with Crippen LogP contribution in [0.15, 0.2) is 10.6 Å². The summed E-state index contributed by atoms with van der Waals surface area (Å²) in [6, 6.07) is 2.05. The summed E-state index contributed by atoms with van der Waals surface area (Å²) in [5.74, 6) is 1.75. The van der Waals surface area contributed by atoms with Gasteiger partial charge in [0.05, 0.1) is 0 Å². The molecule has 3 rings (SSSR count). The van der Waals surface area contributed by atoms with E-state index in [1.807, 2.05) is 11.0 Å². The highest BCUT2D eigenvalue weighted by Gasteiger charge is 2.35. The highest BCUT2D eigenvalue weighted by atomic mass is 35.5. The maximum atomic E-state index is 12.3. The predicted molar refractivity (Wildman–Crippen MR) is 73.4 cm³/mol. The van der Waals surface area contributed by atoms with E-state index in [9.17, 15) is 4.79 Å². The summed E-state index contributed by atoms with van der Waals surface area (Å²) in [5, 5.41) is 3.91. The number of aromatic nitrogens is 1. The summed E-state index contributed by atoms with van der Waals surface area (Å²) in [6.07, 6.45) is 3.28. The lowest BCUT2D eigenvalue weighted by Crippen LogP contribution is -2.34. The van der Waals surface area contributed by atoms with Gasteiger partial charge in [-0.25, -0.2) is 0 Å². The van der Waals surface area contributed by atoms with E-state index in [1.54, 1.807) is 0 Å². The van der Waals surface area contributed by atoms with Crippen LogP contribution in [-0.2, 0) is 0 Å². The number of halogens is 1. The molecule has 1 aromatic heterocycles. The zero-order valence-electron chi connectivity index (χ0n) is 11.0. The number of carbonyl (C=O) groups excluding carboxylic acids is 1. The van der Waals surface area contributed by atoms with Crippen molar-refractivity contribution in [2.24, 2.45) is 11.7 Å². The van der Waals surface area contributed by atoms with Gasteiger partial charge in [-0.1, -0.05) is 5.16 Å². The average molecular weight is 286 g/mol. The Morgan fingerprint density at radius 1 is 1.58 bits per heavy atom. The summed E-state index contributed by atoms with van der Waals surface area (Å²) in [7, 11) is 0. The van der Waals surface area contributed by atoms with Gasteiger partial charge in [-0.15, -0.1) is 12.4 Å². The van der Waals surface area contributed by atoms with Crippen molar-refractivity contribution < 1.29 is 9.32 Å². The summed E-state index contributed by atoms with van der Waals surface area (Å²) in [6.45, 7) is 3.44. The second-order valence-corrected chi connectivity index (χ2v) is 5.53. The lowest BCUT2D eigenvalue weighted by atomic mass is 10.1. The quantitative estimate of drug-likeness (QED) is 0.919. The number of hydrogen-bond donors (Lipinski definition) is 1. The third kappa shape index (κ3) is 2.77. The van der Waals surface area contributed by atoms with Crippen LogP contribution in [0.1, 0.15) is 48.4 Å². The van der Waals surface area contributed by atoms with Crippen LogP contribution < -0.4 is 5.73 Å². The number of amides is 1. The molecule has 2 unspecified atom stereocenters. The van der Waals surface area contributed by atoms with Gasteiger partial charge in [0.25, 0.3) is 5.91 Å². The van der Waals surface area contributed by atoms with E-state index in [-0.39, 0.29) is 24.4 Å². The Hall–Kier alpha value is -1.07. The van der Waals surface area contributed by atoms with Crippen molar-refractivity contribution in [3.63, 3.8) is 0 Å². The fourth-order valence-electron chi connectivity index (χ4n) is 2.69. The maximum Gasteiger partial charge on any atom is 0.276 e. The van der Waals surface area contributed by atoms with E-state index >= 15 is 0 Å². The molecule has 0 radical (unpaired) electrons. The van der Waals surface area contributed by atoms with E-state index in [0.717, 1.165) is 31.6 Å². The van der Waals surface area contributed by atoms with E-state index in [4.69, 9.17) is 10.3 Å². The SMILES string of the molecule is CC1CC(CN)CN1C(=O)c1cc(C2CC2)on1.Cl. The molecule has 1 saturated heterocycles. The van der Waals surface area contributed by atoms with Crippen LogP contribution in [0.4, 0.5) is 0 Å². The van der Waals surface area contributed by atoms with Gasteiger partial charge < -0.3 is 15.2 Å². The number of hydrogen-bond acceptors (Lipinski definition) is 4. The van der Waals surface area contributed by atoms with Gasteiger partial charge in [0, 0.05) is 24.6 Å². The second-order valence-electron chi connectivity index (χ2n) is 5.53. The lowest BCUT2D eigenvalue weighted by molar-refractivity contribution is 0.0733. The van der Waals surface area contributed by atoms with E-state index in [0.29, 0.717) is 24.1 Å². The van der Waals surface area contributed by atoms with Crippen molar-refractivity contribution in [2.45, 2.75) is 38.1 Å². The van der Waals surface area contributed by atoms with Gasteiger partial charge in [-0.05, 0) is 38.6 Å². The van der Waals surface area contributed by atoms with Gasteiger partial charge in [0.15, 0.2) is 5.69 Å². The monoisotopic (exact) mass is 285 g/mol. The molecule has 0 spiro atoms. The van der Waals surface area contributed by atoms with Crippen LogP contribution in [0.5, 0.6) is 0 Å². The molecule has 1 aromatic rings. The normalized spacial score (nSPS) is 26.3. The molecule has 1 aliphatic heterocycles. The molecule has 0 bridgehead atoms. The molecule has 1 amide bonds. The van der Waals surface area contributed by atoms with Gasteiger partial charge >= 0.3 is 0 Å². The van der Waals surface area contributed by atoms with Crippen molar-refractivity contribution >= 4 is 18.3 Å². The minimum Gasteiger partial charge on any atom is -0.360 e. The zero-order chi connectivity index (χ0) is 12.7. The topological polar surface area (TPSA) is 72.4 Å². The van der Waals surface area contributed by atoms with Crippen molar-refractivity contribution in [1.82, 2.24) is 10.1 Å². The molecule has 2 heterocycles. The summed E-state index contributed by atoms with van der Waals surface area (Å²) in [5.41, 5.74) is 6.12. The minimum absolute atomic E-state index is 0. The Morgan fingerprint density at radius 2 is 2.32 bits per heavy atom. The summed E-state index contributed by atoms with van der Waals surface area (Å²) >= 11 is 0. The molecule has 5 nitrogen and oxygen atoms in total. The molecule has 0 aromatic carbocycles. The highest BCUT2D eigenvalue weighted by Crippen LogP contribution is 2.40. The molecule has 106 valence electrons. The third-order valence-electron chi connectivity index (χ3n) is 3.98. The number of nitrogens with zero attached hydrogens (tertiary/aromatic N) is 2. The number of rotatable bonds is 3. The van der Waals surface area contributed by atoms with Crippen LogP contribution in [0.2, 0.25) is 0 Å². The molecule has 2 fully saturated rings. The fraction of sp³-hybridized carbons (Fsp3) is 0.692. The summed E-state index contributed by atoms with van der Waals surface area (Å²) < 4.78 is 5.24. The number of carbonyl (C=O) groups is 1. The maximum absolute atomic E-state index is 12.3. The largest absolute Gasteiger partial charge is 0.360 e. The Morgan fingerprint density at radius 3 is 2.89 bits per heavy atom. The first kappa shape index (κ1) is 14.3. The first-order valence-electron chi connectivity index (χ1n) is 6.66. The molecule has 6 heteroatoms. The van der Waals surface area contributed by atoms with E-state index in [2.05, 4.69) is 12.1 Å². The van der Waals surface area contributed by atoms with Crippen LogP contribution in [0.3, 0.4) is 0 Å². The van der Waals surface area contributed by atoms with E-state index < -0.39 is 0 Å². The van der Waals surface area contributed by atoms with Crippen LogP contribution in [0, 0.1) is 5.92 Å². The third-order valence-corrected chi connectivity index (χ3v) is 3.98. The van der Waals surface area contributed by atoms with E-state index in [1.165, 1.54) is 0 Å². The van der Waals surface area contributed by atoms with Crippen molar-refractivity contribution in [1.29, 1.82) is 0 Å². The smallest absolute Gasteiger partial charge is 0.276 e. The standard InChI is InChI=1S/C13H19N3O2.ClH/c1-8-4-9(6-14)7-16(8)13(17)11-5-12(18-15-11)10-2-3-10;/h5,8-10H,2-4,6-7,14H2,1H3;1H. The number of likely N-dealkylation sites (tertiary alicyclic amines) is 1. The zero-order valence-corrected chi connectivity index (χ0v) is 11.9. The lowest BCUT2D eigenvalue weighted by Gasteiger charge is -2.19. The first-order valence-corrected chi connectivity index (χ1v) is 6.66. The molecule has 1 aliphatic carbocycles. The molecule has 2 N–H and O–H groups in total. The van der Waals surface area contributed by atoms with Crippen LogP contribution in [-0.4, -0.2) is 35.1 Å². The fourth-order valence-corrected chi connectivity index (χ4v) is 2.69. The highest BCUT2D eigenvalue weighted by molar-refractivity contribution is 5.92. The average Bonchev–Trinajstić information content (AvgIpc) is 2.98. The second kappa shape index (κ2) is 5.51. The van der Waals surface area contributed by atoms with Gasteiger partial charge in [-0.2, -0.15) is 0 Å². The Kier molecular flexibility index (Phi) is 4.16. The van der Waals surface area contributed by atoms with Gasteiger partial charge in [0.1, 0.15) is 5.76 Å². The van der Waals surface area contributed by atoms with Crippen LogP contribution >= 0.6 is 12.4 Å². The minimum atomic E-state index is -0.0194. The van der Waals surface area contributed by atoms with Crippen molar-refractivity contribution in [2.75, 3.05) is 13.1 Å². The Labute approximate surface area is 118 Å². The molecule has 1 saturated carbocycles. The Balaban J connectivity index is 0.00000133.